The van der Waals surface area contributed by atoms with Crippen molar-refractivity contribution >= 4 is 17.5 Å². The number of nitrogen functional groups attached to an aromatic ring is 1. The highest BCUT2D eigenvalue weighted by Gasteiger charge is 2.17. The predicted octanol–water partition coefficient (Wildman–Crippen LogP) is 0.617. The maximum Gasteiger partial charge on any atom is 0.252 e. The van der Waals surface area contributed by atoms with E-state index >= 15 is 0 Å². The number of hydrogen-bond donors (Lipinski definition) is 4. The first-order valence-corrected chi connectivity index (χ1v) is 6.01. The van der Waals surface area contributed by atoms with E-state index in [2.05, 4.69) is 10.6 Å². The van der Waals surface area contributed by atoms with E-state index in [-0.39, 0.29) is 28.9 Å². The van der Waals surface area contributed by atoms with E-state index in [1.165, 1.54) is 18.2 Å². The molecule has 0 aromatic heterocycles. The minimum atomic E-state index is -0.658. The van der Waals surface area contributed by atoms with Crippen LogP contribution in [0.2, 0.25) is 0 Å². The smallest absolute Gasteiger partial charge is 0.252 e. The minimum absolute atomic E-state index is 0.00687. The van der Waals surface area contributed by atoms with Crippen molar-refractivity contribution in [2.75, 3.05) is 5.73 Å². The number of nitrogens with two attached hydrogens (primary N) is 1. The lowest BCUT2D eigenvalue weighted by Crippen LogP contribution is -2.46. The first-order chi connectivity index (χ1) is 8.81. The van der Waals surface area contributed by atoms with Gasteiger partial charge in [-0.2, -0.15) is 0 Å². The van der Waals surface area contributed by atoms with Gasteiger partial charge in [-0.15, -0.1) is 0 Å². The van der Waals surface area contributed by atoms with Crippen molar-refractivity contribution in [3.63, 3.8) is 0 Å². The summed E-state index contributed by atoms with van der Waals surface area (Å²) < 4.78 is 0. The monoisotopic (exact) mass is 265 g/mol. The summed E-state index contributed by atoms with van der Waals surface area (Å²) in [6.45, 7) is 5.27. The van der Waals surface area contributed by atoms with Crippen molar-refractivity contribution in [3.05, 3.63) is 23.8 Å². The molecule has 0 aliphatic heterocycles. The van der Waals surface area contributed by atoms with Gasteiger partial charge in [-0.05, 0) is 39.0 Å². The Hall–Kier alpha value is -2.24. The van der Waals surface area contributed by atoms with Gasteiger partial charge in [0.25, 0.3) is 5.91 Å². The van der Waals surface area contributed by atoms with Gasteiger partial charge in [0.2, 0.25) is 5.91 Å². The van der Waals surface area contributed by atoms with Gasteiger partial charge in [-0.1, -0.05) is 0 Å². The number of carbonyl (C=O) groups excluding carboxylic acids is 2. The van der Waals surface area contributed by atoms with E-state index in [9.17, 15) is 14.7 Å². The van der Waals surface area contributed by atoms with E-state index < -0.39 is 11.9 Å². The molecule has 6 nitrogen and oxygen atoms in total. The first-order valence-electron chi connectivity index (χ1n) is 6.01. The fraction of sp³-hybridized carbons (Fsp3) is 0.385. The fourth-order valence-electron chi connectivity index (χ4n) is 1.44. The lowest BCUT2D eigenvalue weighted by molar-refractivity contribution is -0.123. The van der Waals surface area contributed by atoms with E-state index in [1.54, 1.807) is 6.92 Å². The largest absolute Gasteiger partial charge is 0.506 e. The maximum atomic E-state index is 11.9. The van der Waals surface area contributed by atoms with Crippen molar-refractivity contribution in [3.8, 4) is 5.75 Å². The Morgan fingerprint density at radius 2 is 1.84 bits per heavy atom. The van der Waals surface area contributed by atoms with Crippen LogP contribution in [0.4, 0.5) is 5.69 Å². The van der Waals surface area contributed by atoms with Crippen LogP contribution in [-0.4, -0.2) is 29.0 Å². The van der Waals surface area contributed by atoms with Crippen LogP contribution in [0.25, 0.3) is 0 Å². The zero-order valence-electron chi connectivity index (χ0n) is 11.2. The highest BCUT2D eigenvalue weighted by atomic mass is 16.3. The van der Waals surface area contributed by atoms with E-state index in [1.807, 2.05) is 13.8 Å². The lowest BCUT2D eigenvalue weighted by atomic mass is 10.1. The second kappa shape index (κ2) is 6.08. The second-order valence-electron chi connectivity index (χ2n) is 4.63. The van der Waals surface area contributed by atoms with Gasteiger partial charge < -0.3 is 21.5 Å². The van der Waals surface area contributed by atoms with Gasteiger partial charge in [-0.3, -0.25) is 9.59 Å². The van der Waals surface area contributed by atoms with Crippen LogP contribution in [0.3, 0.4) is 0 Å². The fourth-order valence-corrected chi connectivity index (χ4v) is 1.44. The summed E-state index contributed by atoms with van der Waals surface area (Å²) in [6.07, 6.45) is 0. The zero-order valence-corrected chi connectivity index (χ0v) is 11.2. The predicted molar refractivity (Wildman–Crippen MR) is 72.7 cm³/mol. The summed E-state index contributed by atoms with van der Waals surface area (Å²) in [7, 11) is 0. The number of phenols is 1. The van der Waals surface area contributed by atoms with Crippen molar-refractivity contribution in [1.29, 1.82) is 0 Å². The number of aromatic hydroxyl groups is 1. The molecule has 0 bridgehead atoms. The number of benzene rings is 1. The average molecular weight is 265 g/mol. The molecule has 6 heteroatoms. The molecule has 0 heterocycles. The van der Waals surface area contributed by atoms with Crippen molar-refractivity contribution in [2.45, 2.75) is 32.9 Å². The van der Waals surface area contributed by atoms with Crippen LogP contribution in [-0.2, 0) is 4.79 Å². The second-order valence-corrected chi connectivity index (χ2v) is 4.63. The molecule has 0 spiro atoms. The number of anilines is 1. The Balaban J connectivity index is 2.68. The summed E-state index contributed by atoms with van der Waals surface area (Å²) in [6, 6.07) is 3.53. The quantitative estimate of drug-likeness (QED) is 0.473. The molecule has 1 unspecified atom stereocenters. The molecule has 0 aliphatic rings. The average Bonchev–Trinajstić information content (AvgIpc) is 2.31. The molecule has 0 saturated carbocycles. The molecule has 2 amide bonds. The minimum Gasteiger partial charge on any atom is -0.506 e. The molecule has 0 fully saturated rings. The molecule has 0 radical (unpaired) electrons. The van der Waals surface area contributed by atoms with Crippen molar-refractivity contribution < 1.29 is 14.7 Å². The Kier molecular flexibility index (Phi) is 4.74. The van der Waals surface area contributed by atoms with Gasteiger partial charge in [0.05, 0.1) is 5.69 Å². The molecule has 0 aliphatic carbocycles. The van der Waals surface area contributed by atoms with Crippen LogP contribution in [0.1, 0.15) is 31.1 Å². The highest BCUT2D eigenvalue weighted by molar-refractivity contribution is 5.98. The molecule has 104 valence electrons. The Morgan fingerprint density at radius 1 is 1.21 bits per heavy atom. The van der Waals surface area contributed by atoms with Crippen molar-refractivity contribution in [2.24, 2.45) is 0 Å². The van der Waals surface area contributed by atoms with Gasteiger partial charge >= 0.3 is 0 Å². The highest BCUT2D eigenvalue weighted by Crippen LogP contribution is 2.20. The van der Waals surface area contributed by atoms with E-state index in [0.29, 0.717) is 0 Å². The number of phenolic OH excluding ortho intramolecular Hbond substituents is 1. The van der Waals surface area contributed by atoms with Gasteiger partial charge in [-0.25, -0.2) is 0 Å². The third-order valence-electron chi connectivity index (χ3n) is 2.46. The molecule has 1 aromatic rings. The summed E-state index contributed by atoms with van der Waals surface area (Å²) in [5.41, 5.74) is 5.89. The Morgan fingerprint density at radius 3 is 2.37 bits per heavy atom. The van der Waals surface area contributed by atoms with E-state index in [4.69, 9.17) is 5.73 Å². The van der Waals surface area contributed by atoms with Crippen LogP contribution in [0.5, 0.6) is 5.75 Å². The maximum absolute atomic E-state index is 11.9. The molecule has 19 heavy (non-hydrogen) atoms. The van der Waals surface area contributed by atoms with E-state index in [0.717, 1.165) is 0 Å². The number of amides is 2. The third-order valence-corrected chi connectivity index (χ3v) is 2.46. The zero-order chi connectivity index (χ0) is 14.6. The normalized spacial score (nSPS) is 12.0. The third kappa shape index (κ3) is 4.17. The number of hydrogen-bond acceptors (Lipinski definition) is 4. The topological polar surface area (TPSA) is 104 Å². The Bertz CT molecular complexity index is 486. The van der Waals surface area contributed by atoms with Crippen LogP contribution in [0, 0.1) is 0 Å². The van der Waals surface area contributed by atoms with Gasteiger partial charge in [0.1, 0.15) is 11.8 Å². The van der Waals surface area contributed by atoms with Crippen LogP contribution < -0.4 is 16.4 Å². The molecule has 1 aromatic carbocycles. The lowest BCUT2D eigenvalue weighted by Gasteiger charge is -2.16. The molecule has 1 atom stereocenters. The first kappa shape index (κ1) is 14.8. The molecular formula is C13H19N3O3. The SMILES string of the molecule is CC(C)NC(=O)C(C)NC(=O)c1ccc(N)c(O)c1. The Labute approximate surface area is 112 Å². The summed E-state index contributed by atoms with van der Waals surface area (Å²) in [5, 5.41) is 14.7. The summed E-state index contributed by atoms with van der Waals surface area (Å²) >= 11 is 0. The number of rotatable bonds is 4. The number of nitrogens with one attached hydrogen (secondary N) is 2. The molecule has 0 saturated heterocycles. The number of carbonyl (C=O) groups is 2. The molecule has 5 N–H and O–H groups in total. The molecule has 1 rings (SSSR count). The summed E-state index contributed by atoms with van der Waals surface area (Å²) in [5.74, 6) is -0.864. The standard InChI is InChI=1S/C13H19N3O3/c1-7(2)15-12(18)8(3)16-13(19)9-4-5-10(14)11(17)6-9/h4-8,17H,14H2,1-3H3,(H,15,18)(H,16,19). The van der Waals surface area contributed by atoms with Crippen LogP contribution >= 0.6 is 0 Å². The summed E-state index contributed by atoms with van der Waals surface area (Å²) in [4.78, 5) is 23.5. The molecular weight excluding hydrogens is 246 g/mol. The van der Waals surface area contributed by atoms with Gasteiger partial charge in [0.15, 0.2) is 0 Å². The van der Waals surface area contributed by atoms with Crippen molar-refractivity contribution in [1.82, 2.24) is 10.6 Å². The van der Waals surface area contributed by atoms with Gasteiger partial charge in [0, 0.05) is 11.6 Å². The van der Waals surface area contributed by atoms with Crippen LogP contribution in [0.15, 0.2) is 18.2 Å².